The molecule has 0 unspecified atom stereocenters. The molecule has 3 aromatic heterocycles. The summed E-state index contributed by atoms with van der Waals surface area (Å²) in [6, 6.07) is 60.6. The molecule has 50 heavy (non-hydrogen) atoms. The third-order valence-corrected chi connectivity index (χ3v) is 12.0. The van der Waals surface area contributed by atoms with Crippen LogP contribution < -0.4 is 0 Å². The molecule has 0 spiro atoms. The highest BCUT2D eigenvalue weighted by atomic mass is 32.1. The standard InChI is InChI=1S/C46H28N2S2/c1-2-14-29(15-3-1)30-16-4-5-17-31(30)32-18-6-7-21-37(32)46-47-40(38-24-12-22-35-33-19-8-10-26-42(33)49-44(35)38)28-41(48-46)39-25-13-23-36-34-20-9-11-27-43(34)50-45(36)39/h1-28H. The first kappa shape index (κ1) is 29.0. The number of rotatable bonds is 5. The van der Waals surface area contributed by atoms with E-state index in [1.54, 1.807) is 0 Å². The number of nitrogens with zero attached hydrogens (tertiary/aromatic N) is 2. The minimum Gasteiger partial charge on any atom is -0.228 e. The van der Waals surface area contributed by atoms with E-state index in [0.717, 1.165) is 39.2 Å². The highest BCUT2D eigenvalue weighted by Gasteiger charge is 2.20. The van der Waals surface area contributed by atoms with Gasteiger partial charge in [0.1, 0.15) is 0 Å². The zero-order chi connectivity index (χ0) is 33.0. The summed E-state index contributed by atoms with van der Waals surface area (Å²) in [5.74, 6) is 0.715. The monoisotopic (exact) mass is 672 g/mol. The third-order valence-electron chi connectivity index (χ3n) is 9.56. The van der Waals surface area contributed by atoms with E-state index in [-0.39, 0.29) is 0 Å². The third kappa shape index (κ3) is 4.76. The molecule has 234 valence electrons. The number of fused-ring (bicyclic) bond motifs is 6. The van der Waals surface area contributed by atoms with Gasteiger partial charge < -0.3 is 0 Å². The van der Waals surface area contributed by atoms with E-state index in [1.807, 2.05) is 22.7 Å². The van der Waals surface area contributed by atoms with Crippen LogP contribution in [0.25, 0.3) is 96.5 Å². The van der Waals surface area contributed by atoms with Crippen LogP contribution in [0.1, 0.15) is 0 Å². The van der Waals surface area contributed by atoms with Crippen LogP contribution in [0.4, 0.5) is 0 Å². The molecule has 0 radical (unpaired) electrons. The summed E-state index contributed by atoms with van der Waals surface area (Å²) in [6.45, 7) is 0. The Kier molecular flexibility index (Phi) is 6.90. The molecule has 3 heterocycles. The SMILES string of the molecule is c1ccc(-c2ccccc2-c2ccccc2-c2nc(-c3cccc4c3sc3ccccc34)cc(-c3cccc4c3sc3ccccc34)n2)cc1. The van der Waals surface area contributed by atoms with Crippen LogP contribution in [0, 0.1) is 0 Å². The summed E-state index contributed by atoms with van der Waals surface area (Å²) >= 11 is 3.67. The lowest BCUT2D eigenvalue weighted by Crippen LogP contribution is -1.98. The van der Waals surface area contributed by atoms with E-state index in [4.69, 9.17) is 9.97 Å². The number of thiophene rings is 2. The molecule has 0 aliphatic carbocycles. The lowest BCUT2D eigenvalue weighted by atomic mass is 9.91. The zero-order valence-electron chi connectivity index (χ0n) is 26.9. The van der Waals surface area contributed by atoms with Crippen LogP contribution in [-0.4, -0.2) is 9.97 Å². The molecule has 10 rings (SSSR count). The first-order chi connectivity index (χ1) is 24.8. The quantitative estimate of drug-likeness (QED) is 0.182. The molecule has 7 aromatic carbocycles. The minimum atomic E-state index is 0.715. The normalized spacial score (nSPS) is 11.6. The Labute approximate surface area is 297 Å². The van der Waals surface area contributed by atoms with Crippen LogP contribution >= 0.6 is 22.7 Å². The molecule has 0 saturated heterocycles. The second-order valence-electron chi connectivity index (χ2n) is 12.5. The van der Waals surface area contributed by atoms with Crippen molar-refractivity contribution in [2.45, 2.75) is 0 Å². The van der Waals surface area contributed by atoms with E-state index in [2.05, 4.69) is 170 Å². The number of hydrogen-bond acceptors (Lipinski definition) is 4. The van der Waals surface area contributed by atoms with Gasteiger partial charge in [-0.05, 0) is 40.5 Å². The molecule has 4 heteroatoms. The lowest BCUT2D eigenvalue weighted by Gasteiger charge is -2.16. The van der Waals surface area contributed by atoms with Gasteiger partial charge in [0.2, 0.25) is 0 Å². The molecule has 2 nitrogen and oxygen atoms in total. The fourth-order valence-corrected chi connectivity index (χ4v) is 9.69. The van der Waals surface area contributed by atoms with Crippen LogP contribution in [0.15, 0.2) is 170 Å². The topological polar surface area (TPSA) is 25.8 Å². The van der Waals surface area contributed by atoms with Crippen molar-refractivity contribution in [3.63, 3.8) is 0 Å². The zero-order valence-corrected chi connectivity index (χ0v) is 28.5. The van der Waals surface area contributed by atoms with E-state index in [0.29, 0.717) is 5.82 Å². The van der Waals surface area contributed by atoms with E-state index < -0.39 is 0 Å². The van der Waals surface area contributed by atoms with Crippen molar-refractivity contribution in [2.75, 3.05) is 0 Å². The maximum absolute atomic E-state index is 5.43. The van der Waals surface area contributed by atoms with Crippen LogP contribution in [0.2, 0.25) is 0 Å². The summed E-state index contributed by atoms with van der Waals surface area (Å²) in [4.78, 5) is 10.9. The minimum absolute atomic E-state index is 0.715. The van der Waals surface area contributed by atoms with Gasteiger partial charge in [-0.25, -0.2) is 9.97 Å². The number of benzene rings is 7. The molecule has 0 amide bonds. The van der Waals surface area contributed by atoms with Crippen molar-refractivity contribution in [3.8, 4) is 56.2 Å². The molecule has 0 N–H and O–H groups in total. The Morgan fingerprint density at radius 2 is 0.740 bits per heavy atom. The van der Waals surface area contributed by atoms with E-state index in [9.17, 15) is 0 Å². The average molecular weight is 673 g/mol. The van der Waals surface area contributed by atoms with Gasteiger partial charge in [-0.15, -0.1) is 22.7 Å². The first-order valence-electron chi connectivity index (χ1n) is 16.7. The Bertz CT molecular complexity index is 2750. The molecule has 0 atom stereocenters. The predicted molar refractivity (Wildman–Crippen MR) is 215 cm³/mol. The predicted octanol–water partition coefficient (Wildman–Crippen LogP) is 13.5. The summed E-state index contributed by atoms with van der Waals surface area (Å²) < 4.78 is 5.05. The van der Waals surface area contributed by atoms with Gasteiger partial charge in [-0.2, -0.15) is 0 Å². The molecular weight excluding hydrogens is 645 g/mol. The molecule has 0 aliphatic heterocycles. The molecule has 0 saturated carbocycles. The van der Waals surface area contributed by atoms with Gasteiger partial charge in [-0.3, -0.25) is 0 Å². The largest absolute Gasteiger partial charge is 0.228 e. The molecule has 10 aromatic rings. The maximum Gasteiger partial charge on any atom is 0.161 e. The molecular formula is C46H28N2S2. The Hall–Kier alpha value is -5.94. The second-order valence-corrected chi connectivity index (χ2v) is 14.6. The summed E-state index contributed by atoms with van der Waals surface area (Å²) in [5.41, 5.74) is 9.73. The molecule has 0 aliphatic rings. The second kappa shape index (κ2) is 11.9. The van der Waals surface area contributed by atoms with Crippen molar-refractivity contribution in [1.29, 1.82) is 0 Å². The van der Waals surface area contributed by atoms with Crippen molar-refractivity contribution >= 4 is 63.0 Å². The summed E-state index contributed by atoms with van der Waals surface area (Å²) in [6.07, 6.45) is 0. The van der Waals surface area contributed by atoms with E-state index in [1.165, 1.54) is 51.5 Å². The van der Waals surface area contributed by atoms with E-state index >= 15 is 0 Å². The highest BCUT2D eigenvalue weighted by Crippen LogP contribution is 2.44. The van der Waals surface area contributed by atoms with Crippen molar-refractivity contribution in [2.24, 2.45) is 0 Å². The number of hydrogen-bond donors (Lipinski definition) is 0. The fourth-order valence-electron chi connectivity index (χ4n) is 7.24. The van der Waals surface area contributed by atoms with Crippen molar-refractivity contribution in [3.05, 3.63) is 170 Å². The van der Waals surface area contributed by atoms with Gasteiger partial charge in [0.15, 0.2) is 5.82 Å². The Morgan fingerprint density at radius 1 is 0.320 bits per heavy atom. The summed E-state index contributed by atoms with van der Waals surface area (Å²) in [7, 11) is 0. The summed E-state index contributed by atoms with van der Waals surface area (Å²) in [5, 5.41) is 5.07. The average Bonchev–Trinajstić information content (AvgIpc) is 3.77. The smallest absolute Gasteiger partial charge is 0.161 e. The lowest BCUT2D eigenvalue weighted by molar-refractivity contribution is 1.19. The van der Waals surface area contributed by atoms with Gasteiger partial charge in [0.05, 0.1) is 11.4 Å². The van der Waals surface area contributed by atoms with Crippen LogP contribution in [0.5, 0.6) is 0 Å². The van der Waals surface area contributed by atoms with Crippen LogP contribution in [0.3, 0.4) is 0 Å². The van der Waals surface area contributed by atoms with Gasteiger partial charge in [0, 0.05) is 57.0 Å². The van der Waals surface area contributed by atoms with Gasteiger partial charge >= 0.3 is 0 Å². The molecule has 0 bridgehead atoms. The Balaban J connectivity index is 1.25. The van der Waals surface area contributed by atoms with Crippen LogP contribution in [-0.2, 0) is 0 Å². The Morgan fingerprint density at radius 3 is 1.32 bits per heavy atom. The van der Waals surface area contributed by atoms with Gasteiger partial charge in [0.25, 0.3) is 0 Å². The van der Waals surface area contributed by atoms with Gasteiger partial charge in [-0.1, -0.05) is 152 Å². The first-order valence-corrected chi connectivity index (χ1v) is 18.4. The maximum atomic E-state index is 5.43. The van der Waals surface area contributed by atoms with Crippen molar-refractivity contribution in [1.82, 2.24) is 9.97 Å². The fraction of sp³-hybridized carbons (Fsp3) is 0. The molecule has 0 fully saturated rings. The van der Waals surface area contributed by atoms with Crippen molar-refractivity contribution < 1.29 is 0 Å². The highest BCUT2D eigenvalue weighted by molar-refractivity contribution is 7.26. The number of aromatic nitrogens is 2.